The number of amides is 3. The summed E-state index contributed by atoms with van der Waals surface area (Å²) >= 11 is 0. The Morgan fingerprint density at radius 1 is 0.970 bits per heavy atom. The zero-order valence-electron chi connectivity index (χ0n) is 18.5. The topological polar surface area (TPSA) is 138 Å². The van der Waals surface area contributed by atoms with Gasteiger partial charge in [0.05, 0.1) is 26.7 Å². The number of morpholine rings is 1. The predicted molar refractivity (Wildman–Crippen MR) is 119 cm³/mol. The first kappa shape index (κ1) is 24.9. The van der Waals surface area contributed by atoms with Crippen molar-refractivity contribution in [3.8, 4) is 0 Å². The zero-order valence-corrected chi connectivity index (χ0v) is 19.3. The summed E-state index contributed by atoms with van der Waals surface area (Å²) in [4.78, 5) is 37.3. The lowest BCUT2D eigenvalue weighted by Gasteiger charge is -2.37. The SMILES string of the molecule is COC(=O)CCNC(=O)c1ccc(NC(=O)N2CCN(S(=O)(=O)N3CCOCC3)CC2)cc1. The normalized spacial score (nSPS) is 17.9. The number of benzene rings is 1. The van der Waals surface area contributed by atoms with Gasteiger partial charge in [-0.1, -0.05) is 0 Å². The van der Waals surface area contributed by atoms with Crippen molar-refractivity contribution in [2.75, 3.05) is 71.5 Å². The highest BCUT2D eigenvalue weighted by Gasteiger charge is 2.34. The summed E-state index contributed by atoms with van der Waals surface area (Å²) in [5.41, 5.74) is 0.897. The Labute approximate surface area is 193 Å². The maximum atomic E-state index is 12.7. The Balaban J connectivity index is 1.46. The second-order valence-corrected chi connectivity index (χ2v) is 9.42. The molecule has 3 rings (SSSR count). The van der Waals surface area contributed by atoms with Gasteiger partial charge in [-0.3, -0.25) is 9.59 Å². The van der Waals surface area contributed by atoms with Gasteiger partial charge in [0.1, 0.15) is 0 Å². The molecule has 2 N–H and O–H groups in total. The molecule has 0 atom stereocenters. The van der Waals surface area contributed by atoms with Crippen molar-refractivity contribution in [3.05, 3.63) is 29.8 Å². The van der Waals surface area contributed by atoms with Crippen LogP contribution in [-0.4, -0.2) is 106 Å². The summed E-state index contributed by atoms with van der Waals surface area (Å²) in [7, 11) is -2.27. The average Bonchev–Trinajstić information content (AvgIpc) is 2.84. The van der Waals surface area contributed by atoms with Crippen LogP contribution in [0.25, 0.3) is 0 Å². The number of hydrogen-bond acceptors (Lipinski definition) is 7. The highest BCUT2D eigenvalue weighted by molar-refractivity contribution is 7.86. The van der Waals surface area contributed by atoms with Gasteiger partial charge in [0.2, 0.25) is 0 Å². The van der Waals surface area contributed by atoms with Gasteiger partial charge in [-0.05, 0) is 24.3 Å². The quantitative estimate of drug-likeness (QED) is 0.508. The average molecular weight is 484 g/mol. The Kier molecular flexibility index (Phi) is 8.61. The molecule has 2 aliphatic heterocycles. The third-order valence-corrected chi connectivity index (χ3v) is 7.42. The zero-order chi connectivity index (χ0) is 23.8. The third-order valence-electron chi connectivity index (χ3n) is 5.39. The first-order valence-electron chi connectivity index (χ1n) is 10.7. The molecule has 13 heteroatoms. The number of piperazine rings is 1. The molecular formula is C20H29N5O7S. The van der Waals surface area contributed by atoms with Crippen LogP contribution in [0.2, 0.25) is 0 Å². The van der Waals surface area contributed by atoms with E-state index in [0.717, 1.165) is 0 Å². The van der Waals surface area contributed by atoms with Crippen molar-refractivity contribution < 1.29 is 32.3 Å². The number of carbonyl (C=O) groups is 3. The first-order chi connectivity index (χ1) is 15.8. The molecule has 2 aliphatic rings. The number of carbonyl (C=O) groups excluding carboxylic acids is 3. The molecule has 0 spiro atoms. The maximum absolute atomic E-state index is 12.7. The molecule has 182 valence electrons. The Morgan fingerprint density at radius 2 is 1.58 bits per heavy atom. The van der Waals surface area contributed by atoms with Gasteiger partial charge < -0.3 is 25.0 Å². The van der Waals surface area contributed by atoms with Gasteiger partial charge in [0, 0.05) is 57.1 Å². The van der Waals surface area contributed by atoms with E-state index in [4.69, 9.17) is 4.74 Å². The highest BCUT2D eigenvalue weighted by atomic mass is 32.2. The van der Waals surface area contributed by atoms with E-state index in [-0.39, 0.29) is 51.1 Å². The standard InChI is InChI=1S/C20H29N5O7S/c1-31-18(26)6-7-21-19(27)16-2-4-17(5-3-16)22-20(28)23-8-10-24(11-9-23)33(29,30)25-12-14-32-15-13-25/h2-5H,6-15H2,1H3,(H,21,27)(H,22,28). The molecule has 0 aromatic heterocycles. The van der Waals surface area contributed by atoms with Crippen molar-refractivity contribution in [2.45, 2.75) is 6.42 Å². The Morgan fingerprint density at radius 3 is 2.18 bits per heavy atom. The molecular weight excluding hydrogens is 454 g/mol. The lowest BCUT2D eigenvalue weighted by Crippen LogP contribution is -2.56. The number of methoxy groups -OCH3 is 1. The number of nitrogens with one attached hydrogen (secondary N) is 2. The molecule has 33 heavy (non-hydrogen) atoms. The lowest BCUT2D eigenvalue weighted by atomic mass is 10.2. The van der Waals surface area contributed by atoms with Gasteiger partial charge in [0.25, 0.3) is 16.1 Å². The van der Waals surface area contributed by atoms with E-state index in [1.165, 1.54) is 15.7 Å². The van der Waals surface area contributed by atoms with E-state index >= 15 is 0 Å². The molecule has 2 fully saturated rings. The van der Waals surface area contributed by atoms with Gasteiger partial charge in [-0.25, -0.2) is 4.79 Å². The highest BCUT2D eigenvalue weighted by Crippen LogP contribution is 2.16. The van der Waals surface area contributed by atoms with E-state index in [2.05, 4.69) is 15.4 Å². The fourth-order valence-corrected chi connectivity index (χ4v) is 5.01. The number of nitrogens with zero attached hydrogens (tertiary/aromatic N) is 3. The molecule has 0 radical (unpaired) electrons. The maximum Gasteiger partial charge on any atom is 0.321 e. The van der Waals surface area contributed by atoms with Gasteiger partial charge >= 0.3 is 12.0 Å². The van der Waals surface area contributed by atoms with Crippen LogP contribution < -0.4 is 10.6 Å². The summed E-state index contributed by atoms with van der Waals surface area (Å²) in [6.07, 6.45) is 0.0807. The molecule has 2 heterocycles. The van der Waals surface area contributed by atoms with Crippen LogP contribution in [0, 0.1) is 0 Å². The number of hydrogen-bond donors (Lipinski definition) is 2. The fraction of sp³-hybridized carbons (Fsp3) is 0.550. The Hall–Kier alpha value is -2.74. The summed E-state index contributed by atoms with van der Waals surface area (Å²) in [6, 6.07) is 6.00. The number of ether oxygens (including phenoxy) is 2. The van der Waals surface area contributed by atoms with Crippen LogP contribution >= 0.6 is 0 Å². The third kappa shape index (κ3) is 6.63. The van der Waals surface area contributed by atoms with Gasteiger partial charge in [-0.2, -0.15) is 17.0 Å². The summed E-state index contributed by atoms with van der Waals surface area (Å²) in [5.74, 6) is -0.748. The molecule has 0 aliphatic carbocycles. The van der Waals surface area contributed by atoms with Gasteiger partial charge in [-0.15, -0.1) is 0 Å². The molecule has 12 nitrogen and oxygen atoms in total. The van der Waals surface area contributed by atoms with Crippen molar-refractivity contribution in [3.63, 3.8) is 0 Å². The minimum Gasteiger partial charge on any atom is -0.469 e. The van der Waals surface area contributed by atoms with Crippen molar-refractivity contribution in [1.29, 1.82) is 0 Å². The molecule has 0 unspecified atom stereocenters. The number of urea groups is 1. The number of esters is 1. The van der Waals surface area contributed by atoms with Crippen LogP contribution in [0.4, 0.5) is 10.5 Å². The van der Waals surface area contributed by atoms with Crippen LogP contribution in [0.15, 0.2) is 24.3 Å². The lowest BCUT2D eigenvalue weighted by molar-refractivity contribution is -0.140. The molecule has 2 saturated heterocycles. The second-order valence-electron chi connectivity index (χ2n) is 7.49. The molecule has 1 aromatic rings. The number of anilines is 1. The Bertz CT molecular complexity index is 940. The first-order valence-corrected chi connectivity index (χ1v) is 12.0. The van der Waals surface area contributed by atoms with E-state index in [1.54, 1.807) is 29.2 Å². The number of rotatable bonds is 7. The van der Waals surface area contributed by atoms with E-state index in [1.807, 2.05) is 0 Å². The summed E-state index contributed by atoms with van der Waals surface area (Å²) < 4.78 is 38.0. The summed E-state index contributed by atoms with van der Waals surface area (Å²) in [5, 5.41) is 5.38. The van der Waals surface area contributed by atoms with Crippen LogP contribution in [0.3, 0.4) is 0 Å². The second kappa shape index (κ2) is 11.4. The van der Waals surface area contributed by atoms with Crippen LogP contribution in [0.5, 0.6) is 0 Å². The molecule has 0 bridgehead atoms. The van der Waals surface area contributed by atoms with Crippen LogP contribution in [-0.2, 0) is 24.5 Å². The van der Waals surface area contributed by atoms with Crippen molar-refractivity contribution >= 4 is 33.8 Å². The molecule has 3 amide bonds. The largest absolute Gasteiger partial charge is 0.469 e. The fourth-order valence-electron chi connectivity index (χ4n) is 3.45. The monoisotopic (exact) mass is 483 g/mol. The van der Waals surface area contributed by atoms with Crippen molar-refractivity contribution in [2.24, 2.45) is 0 Å². The smallest absolute Gasteiger partial charge is 0.321 e. The van der Waals surface area contributed by atoms with E-state index in [0.29, 0.717) is 37.6 Å². The predicted octanol–water partition coefficient (Wildman–Crippen LogP) is -0.294. The minimum atomic E-state index is -3.55. The minimum absolute atomic E-state index is 0.0807. The van der Waals surface area contributed by atoms with Gasteiger partial charge in [0.15, 0.2) is 0 Å². The molecule has 1 aromatic carbocycles. The van der Waals surface area contributed by atoms with E-state index < -0.39 is 16.2 Å². The van der Waals surface area contributed by atoms with Crippen LogP contribution in [0.1, 0.15) is 16.8 Å². The van der Waals surface area contributed by atoms with E-state index in [9.17, 15) is 22.8 Å². The van der Waals surface area contributed by atoms with Crippen molar-refractivity contribution in [1.82, 2.24) is 18.8 Å². The molecule has 0 saturated carbocycles. The summed E-state index contributed by atoms with van der Waals surface area (Å²) in [6.45, 7) is 2.59.